The fourth-order valence-electron chi connectivity index (χ4n) is 3.80. The first kappa shape index (κ1) is 20.1. The van der Waals surface area contributed by atoms with Crippen LogP contribution in [0.3, 0.4) is 0 Å². The summed E-state index contributed by atoms with van der Waals surface area (Å²) >= 11 is 1.71. The molecule has 0 spiro atoms. The summed E-state index contributed by atoms with van der Waals surface area (Å²) < 4.78 is 0. The van der Waals surface area contributed by atoms with Gasteiger partial charge in [0.15, 0.2) is 0 Å². The van der Waals surface area contributed by atoms with Crippen LogP contribution in [0.5, 0.6) is 0 Å². The molecule has 1 saturated heterocycles. The first-order valence-corrected chi connectivity index (χ1v) is 10.8. The first-order valence-electron chi connectivity index (χ1n) is 9.97. The van der Waals surface area contributed by atoms with E-state index in [1.165, 1.54) is 10.4 Å². The third kappa shape index (κ3) is 4.36. The molecule has 1 atom stereocenters. The minimum absolute atomic E-state index is 0.0668. The van der Waals surface area contributed by atoms with E-state index in [1.54, 1.807) is 39.5 Å². The van der Waals surface area contributed by atoms with Crippen molar-refractivity contribution in [2.75, 3.05) is 26.2 Å². The normalized spacial score (nSPS) is 17.1. The number of carbonyl (C=O) groups excluding carboxylic acids is 2. The van der Waals surface area contributed by atoms with Crippen LogP contribution in [0.15, 0.2) is 66.7 Å². The maximum atomic E-state index is 13.2. The number of carbonyl (C=O) groups is 2. The van der Waals surface area contributed by atoms with Crippen molar-refractivity contribution in [1.82, 2.24) is 20.0 Å². The summed E-state index contributed by atoms with van der Waals surface area (Å²) in [5.74, 6) is -0.358. The number of nitrogens with zero attached hydrogens (tertiary/aromatic N) is 3. The molecule has 154 valence electrons. The molecule has 2 aromatic heterocycles. The van der Waals surface area contributed by atoms with Crippen LogP contribution in [0.1, 0.15) is 16.1 Å². The zero-order valence-electron chi connectivity index (χ0n) is 16.7. The minimum atomic E-state index is -0.299. The second-order valence-electron chi connectivity index (χ2n) is 7.37. The number of H-pyrrole nitrogens is 1. The van der Waals surface area contributed by atoms with Gasteiger partial charge in [-0.3, -0.25) is 14.7 Å². The van der Waals surface area contributed by atoms with Gasteiger partial charge in [0, 0.05) is 37.3 Å². The first-order chi connectivity index (χ1) is 14.7. The van der Waals surface area contributed by atoms with Gasteiger partial charge in [-0.2, -0.15) is 5.10 Å². The summed E-state index contributed by atoms with van der Waals surface area (Å²) in [6, 6.07) is 14.1. The number of aromatic amines is 1. The van der Waals surface area contributed by atoms with Crippen molar-refractivity contribution in [3.05, 3.63) is 78.0 Å². The van der Waals surface area contributed by atoms with Crippen molar-refractivity contribution in [1.29, 1.82) is 0 Å². The van der Waals surface area contributed by atoms with Gasteiger partial charge >= 0.3 is 0 Å². The van der Waals surface area contributed by atoms with Crippen LogP contribution in [0, 0.1) is 5.92 Å². The van der Waals surface area contributed by atoms with Crippen LogP contribution in [0.4, 0.5) is 0 Å². The molecule has 6 nitrogen and oxygen atoms in total. The van der Waals surface area contributed by atoms with E-state index in [2.05, 4.69) is 52.5 Å². The second-order valence-corrected chi connectivity index (χ2v) is 8.32. The van der Waals surface area contributed by atoms with Gasteiger partial charge in [0.1, 0.15) is 5.69 Å². The zero-order valence-corrected chi connectivity index (χ0v) is 17.5. The quantitative estimate of drug-likeness (QED) is 0.621. The van der Waals surface area contributed by atoms with Crippen LogP contribution in [0.25, 0.3) is 10.4 Å². The second kappa shape index (κ2) is 9.09. The number of hydrogen-bond donors (Lipinski definition) is 1. The fourth-order valence-corrected chi connectivity index (χ4v) is 4.53. The van der Waals surface area contributed by atoms with E-state index in [9.17, 15) is 9.59 Å². The Morgan fingerprint density at radius 1 is 1.23 bits per heavy atom. The van der Waals surface area contributed by atoms with Crippen LogP contribution in [-0.2, 0) is 11.2 Å². The van der Waals surface area contributed by atoms with Crippen molar-refractivity contribution in [3.63, 3.8) is 0 Å². The molecule has 1 fully saturated rings. The maximum absolute atomic E-state index is 13.2. The maximum Gasteiger partial charge on any atom is 0.271 e. The van der Waals surface area contributed by atoms with Gasteiger partial charge in [-0.1, -0.05) is 36.4 Å². The number of hydrogen-bond acceptors (Lipinski definition) is 4. The molecular weight excluding hydrogens is 396 g/mol. The summed E-state index contributed by atoms with van der Waals surface area (Å²) in [6.45, 7) is 5.63. The van der Waals surface area contributed by atoms with E-state index < -0.39 is 0 Å². The molecular formula is C23H24N4O2S. The van der Waals surface area contributed by atoms with Gasteiger partial charge in [-0.25, -0.2) is 0 Å². The molecule has 0 unspecified atom stereocenters. The van der Waals surface area contributed by atoms with E-state index in [1.807, 2.05) is 6.07 Å². The topological polar surface area (TPSA) is 69.3 Å². The van der Waals surface area contributed by atoms with Crippen molar-refractivity contribution >= 4 is 23.2 Å². The molecule has 7 heteroatoms. The van der Waals surface area contributed by atoms with Gasteiger partial charge in [0.05, 0.1) is 5.92 Å². The number of aromatic nitrogens is 2. The van der Waals surface area contributed by atoms with Crippen LogP contribution in [-0.4, -0.2) is 58.0 Å². The highest BCUT2D eigenvalue weighted by molar-refractivity contribution is 7.13. The number of nitrogens with one attached hydrogen (secondary N) is 1. The van der Waals surface area contributed by atoms with Crippen LogP contribution in [0.2, 0.25) is 0 Å². The Balaban J connectivity index is 1.54. The van der Waals surface area contributed by atoms with Crippen LogP contribution < -0.4 is 0 Å². The fraction of sp³-hybridized carbons (Fsp3) is 0.261. The molecule has 3 heterocycles. The molecule has 1 aliphatic heterocycles. The van der Waals surface area contributed by atoms with Crippen molar-refractivity contribution in [2.24, 2.45) is 5.92 Å². The average molecular weight is 421 g/mol. The van der Waals surface area contributed by atoms with Crippen molar-refractivity contribution < 1.29 is 9.59 Å². The lowest BCUT2D eigenvalue weighted by Crippen LogP contribution is -2.38. The number of benzene rings is 1. The summed E-state index contributed by atoms with van der Waals surface area (Å²) in [7, 11) is 0. The Labute approximate surface area is 179 Å². The van der Waals surface area contributed by atoms with Gasteiger partial charge in [-0.05, 0) is 35.1 Å². The Hall–Kier alpha value is -3.19. The molecule has 2 amide bonds. The minimum Gasteiger partial charge on any atom is -0.337 e. The predicted molar refractivity (Wildman–Crippen MR) is 118 cm³/mol. The SMILES string of the molecule is C=CCN1CCN(C(=O)c2ccn[nH]2)C[C@H](Cc2ccc(-c3cccs3)cc2)C1=O. The summed E-state index contributed by atoms with van der Waals surface area (Å²) in [5.41, 5.74) is 2.70. The highest BCUT2D eigenvalue weighted by atomic mass is 32.1. The van der Waals surface area contributed by atoms with Gasteiger partial charge in [0.2, 0.25) is 5.91 Å². The van der Waals surface area contributed by atoms with E-state index in [0.29, 0.717) is 38.3 Å². The molecule has 0 saturated carbocycles. The lowest BCUT2D eigenvalue weighted by Gasteiger charge is -2.23. The van der Waals surface area contributed by atoms with E-state index in [-0.39, 0.29) is 17.7 Å². The summed E-state index contributed by atoms with van der Waals surface area (Å²) in [5, 5.41) is 8.67. The monoisotopic (exact) mass is 420 g/mol. The van der Waals surface area contributed by atoms with Gasteiger partial charge in [-0.15, -0.1) is 17.9 Å². The Kier molecular flexibility index (Phi) is 6.09. The van der Waals surface area contributed by atoms with E-state index in [0.717, 1.165) is 5.56 Å². The van der Waals surface area contributed by atoms with Gasteiger partial charge in [0.25, 0.3) is 5.91 Å². The van der Waals surface area contributed by atoms with Gasteiger partial charge < -0.3 is 9.80 Å². The third-order valence-electron chi connectivity index (χ3n) is 5.35. The molecule has 0 bridgehead atoms. The highest BCUT2D eigenvalue weighted by Gasteiger charge is 2.32. The molecule has 0 radical (unpaired) electrons. The summed E-state index contributed by atoms with van der Waals surface area (Å²) in [6.07, 6.45) is 3.88. The van der Waals surface area contributed by atoms with Crippen molar-refractivity contribution in [2.45, 2.75) is 6.42 Å². The third-order valence-corrected chi connectivity index (χ3v) is 6.27. The number of rotatable bonds is 6. The lowest BCUT2D eigenvalue weighted by molar-refractivity contribution is -0.134. The standard InChI is InChI=1S/C23H24N4O2S/c1-2-11-26-12-13-27(23(29)20-9-10-24-25-20)16-19(22(26)28)15-17-5-7-18(8-6-17)21-4-3-14-30-21/h2-10,14,19H,1,11-13,15-16H2,(H,24,25)/t19-/m0/s1. The Bertz CT molecular complexity index is 997. The predicted octanol–water partition coefficient (Wildman–Crippen LogP) is 3.47. The van der Waals surface area contributed by atoms with Crippen LogP contribution >= 0.6 is 11.3 Å². The molecule has 4 rings (SSSR count). The zero-order chi connectivity index (χ0) is 20.9. The molecule has 1 N–H and O–H groups in total. The molecule has 3 aromatic rings. The molecule has 30 heavy (non-hydrogen) atoms. The molecule has 1 aromatic carbocycles. The Morgan fingerprint density at radius 2 is 2.07 bits per heavy atom. The smallest absolute Gasteiger partial charge is 0.271 e. The Morgan fingerprint density at radius 3 is 2.73 bits per heavy atom. The van der Waals surface area contributed by atoms with Crippen molar-refractivity contribution in [3.8, 4) is 10.4 Å². The number of amides is 2. The molecule has 0 aliphatic carbocycles. The molecule has 1 aliphatic rings. The largest absolute Gasteiger partial charge is 0.337 e. The highest BCUT2D eigenvalue weighted by Crippen LogP contribution is 2.26. The van der Waals surface area contributed by atoms with E-state index >= 15 is 0 Å². The average Bonchev–Trinajstić information content (AvgIpc) is 3.46. The number of thiophene rings is 1. The summed E-state index contributed by atoms with van der Waals surface area (Å²) in [4.78, 5) is 30.8. The van der Waals surface area contributed by atoms with E-state index in [4.69, 9.17) is 0 Å². The lowest BCUT2D eigenvalue weighted by atomic mass is 9.96.